The molecule has 0 aliphatic carbocycles. The first kappa shape index (κ1) is 23.6. The molecule has 0 unspecified atom stereocenters. The van der Waals surface area contributed by atoms with Crippen LogP contribution in [-0.2, 0) is 25.7 Å². The lowest BCUT2D eigenvalue weighted by Gasteiger charge is -2.19. The lowest BCUT2D eigenvalue weighted by atomic mass is 9.94. The minimum absolute atomic E-state index is 0.589. The van der Waals surface area contributed by atoms with Crippen LogP contribution < -0.4 is 28.4 Å². The van der Waals surface area contributed by atoms with E-state index >= 15 is 0 Å². The third-order valence-electron chi connectivity index (χ3n) is 6.09. The maximum Gasteiger partial charge on any atom is 0.161 e. The van der Waals surface area contributed by atoms with Gasteiger partial charge in [0, 0.05) is 6.07 Å². The minimum Gasteiger partial charge on any atom is -0.497 e. The molecule has 34 heavy (non-hydrogen) atoms. The molecule has 0 N–H and O–H groups in total. The molecule has 6 nitrogen and oxygen atoms in total. The molecular weight excluding hydrogens is 432 g/mol. The Kier molecular flexibility index (Phi) is 7.68. The van der Waals surface area contributed by atoms with Gasteiger partial charge in [0.05, 0.1) is 28.4 Å². The molecule has 0 aromatic heterocycles. The Labute approximate surface area is 201 Å². The maximum absolute atomic E-state index is 5.75. The fourth-order valence-electron chi connectivity index (χ4n) is 4.24. The Bertz CT molecular complexity index is 1100. The van der Waals surface area contributed by atoms with Crippen LogP contribution in [0.15, 0.2) is 48.5 Å². The van der Waals surface area contributed by atoms with Gasteiger partial charge in [0.25, 0.3) is 0 Å². The summed E-state index contributed by atoms with van der Waals surface area (Å²) in [4.78, 5) is 0. The molecule has 3 aromatic rings. The second-order valence-corrected chi connectivity index (χ2v) is 8.17. The van der Waals surface area contributed by atoms with Crippen molar-refractivity contribution in [1.29, 1.82) is 0 Å². The van der Waals surface area contributed by atoms with Gasteiger partial charge in [-0.2, -0.15) is 0 Å². The minimum atomic E-state index is 0.589. The maximum atomic E-state index is 5.75. The number of hydrogen-bond acceptors (Lipinski definition) is 6. The molecule has 180 valence electrons. The van der Waals surface area contributed by atoms with Gasteiger partial charge in [-0.3, -0.25) is 0 Å². The van der Waals surface area contributed by atoms with Gasteiger partial charge >= 0.3 is 0 Å². The fourth-order valence-corrected chi connectivity index (χ4v) is 4.24. The van der Waals surface area contributed by atoms with Gasteiger partial charge in [-0.05, 0) is 84.3 Å². The SMILES string of the molecule is COc1cc(CCc2cc(OC)c(OC)cc2CCc2ccc3c(c2)OCCO3)cc(OC)c1. The van der Waals surface area contributed by atoms with E-state index in [2.05, 4.69) is 36.4 Å². The second kappa shape index (κ2) is 11.1. The highest BCUT2D eigenvalue weighted by atomic mass is 16.6. The number of ether oxygens (including phenoxy) is 6. The normalized spacial score (nSPS) is 12.2. The molecule has 0 bridgehead atoms. The molecular formula is C28H32O6. The van der Waals surface area contributed by atoms with Crippen LogP contribution in [0.2, 0.25) is 0 Å². The molecule has 0 saturated carbocycles. The summed E-state index contributed by atoms with van der Waals surface area (Å²) < 4.78 is 33.4. The highest BCUT2D eigenvalue weighted by Crippen LogP contribution is 2.34. The first-order valence-electron chi connectivity index (χ1n) is 11.5. The van der Waals surface area contributed by atoms with Crippen molar-refractivity contribution in [3.8, 4) is 34.5 Å². The molecule has 1 aliphatic rings. The largest absolute Gasteiger partial charge is 0.497 e. The van der Waals surface area contributed by atoms with Crippen LogP contribution in [0.4, 0.5) is 0 Å². The van der Waals surface area contributed by atoms with Crippen molar-refractivity contribution < 1.29 is 28.4 Å². The predicted octanol–water partition coefficient (Wildman–Crippen LogP) is 5.06. The summed E-state index contributed by atoms with van der Waals surface area (Å²) in [7, 11) is 6.68. The van der Waals surface area contributed by atoms with E-state index in [4.69, 9.17) is 28.4 Å². The van der Waals surface area contributed by atoms with E-state index in [1.807, 2.05) is 12.1 Å². The molecule has 0 spiro atoms. The van der Waals surface area contributed by atoms with Gasteiger partial charge in [-0.25, -0.2) is 0 Å². The number of aryl methyl sites for hydroxylation is 4. The van der Waals surface area contributed by atoms with E-state index in [9.17, 15) is 0 Å². The van der Waals surface area contributed by atoms with Crippen molar-refractivity contribution in [2.45, 2.75) is 25.7 Å². The quantitative estimate of drug-likeness (QED) is 0.418. The second-order valence-electron chi connectivity index (χ2n) is 8.17. The Morgan fingerprint density at radius 1 is 0.559 bits per heavy atom. The molecule has 0 radical (unpaired) electrons. The summed E-state index contributed by atoms with van der Waals surface area (Å²) in [5.74, 6) is 4.70. The number of fused-ring (bicyclic) bond motifs is 1. The van der Waals surface area contributed by atoms with Crippen molar-refractivity contribution in [3.05, 3.63) is 70.8 Å². The van der Waals surface area contributed by atoms with Gasteiger partial charge in [0.1, 0.15) is 24.7 Å². The zero-order valence-electron chi connectivity index (χ0n) is 20.3. The van der Waals surface area contributed by atoms with E-state index in [-0.39, 0.29) is 0 Å². The van der Waals surface area contributed by atoms with Crippen LogP contribution in [-0.4, -0.2) is 41.7 Å². The fraction of sp³-hybridized carbons (Fsp3) is 0.357. The Balaban J connectivity index is 1.55. The summed E-state index contributed by atoms with van der Waals surface area (Å²) in [6, 6.07) is 16.4. The predicted molar refractivity (Wildman–Crippen MR) is 131 cm³/mol. The lowest BCUT2D eigenvalue weighted by Crippen LogP contribution is -2.15. The molecule has 0 fully saturated rings. The lowest BCUT2D eigenvalue weighted by molar-refractivity contribution is 0.171. The first-order valence-corrected chi connectivity index (χ1v) is 11.5. The molecule has 1 aliphatic heterocycles. The Morgan fingerprint density at radius 3 is 1.68 bits per heavy atom. The van der Waals surface area contributed by atoms with E-state index in [1.54, 1.807) is 28.4 Å². The third kappa shape index (κ3) is 5.50. The third-order valence-corrected chi connectivity index (χ3v) is 6.09. The summed E-state index contributed by atoms with van der Waals surface area (Å²) >= 11 is 0. The molecule has 4 rings (SSSR count). The number of methoxy groups -OCH3 is 4. The molecule has 0 atom stereocenters. The first-order chi connectivity index (χ1) is 16.6. The monoisotopic (exact) mass is 464 g/mol. The molecule has 6 heteroatoms. The zero-order chi connectivity index (χ0) is 23.9. The summed E-state index contributed by atoms with van der Waals surface area (Å²) in [5.41, 5.74) is 4.84. The van der Waals surface area contributed by atoms with Gasteiger partial charge < -0.3 is 28.4 Å². The van der Waals surface area contributed by atoms with Crippen LogP contribution >= 0.6 is 0 Å². The van der Waals surface area contributed by atoms with Crippen LogP contribution in [0.5, 0.6) is 34.5 Å². The topological polar surface area (TPSA) is 55.4 Å². The van der Waals surface area contributed by atoms with Crippen LogP contribution in [0.1, 0.15) is 22.3 Å². The molecule has 3 aromatic carbocycles. The Morgan fingerprint density at radius 2 is 1.12 bits per heavy atom. The van der Waals surface area contributed by atoms with Crippen molar-refractivity contribution in [2.75, 3.05) is 41.7 Å². The van der Waals surface area contributed by atoms with E-state index in [0.29, 0.717) is 13.2 Å². The van der Waals surface area contributed by atoms with Crippen molar-refractivity contribution in [3.63, 3.8) is 0 Å². The number of rotatable bonds is 10. The molecule has 1 heterocycles. The van der Waals surface area contributed by atoms with Gasteiger partial charge in [0.2, 0.25) is 0 Å². The average Bonchev–Trinajstić information content (AvgIpc) is 2.90. The van der Waals surface area contributed by atoms with Gasteiger partial charge in [-0.15, -0.1) is 0 Å². The van der Waals surface area contributed by atoms with Gasteiger partial charge in [-0.1, -0.05) is 6.07 Å². The number of hydrogen-bond donors (Lipinski definition) is 0. The highest BCUT2D eigenvalue weighted by molar-refractivity contribution is 5.49. The van der Waals surface area contributed by atoms with E-state index in [1.165, 1.54) is 16.7 Å². The van der Waals surface area contributed by atoms with Gasteiger partial charge in [0.15, 0.2) is 23.0 Å². The van der Waals surface area contributed by atoms with Crippen LogP contribution in [0.3, 0.4) is 0 Å². The Hall–Kier alpha value is -3.54. The number of benzene rings is 3. The highest BCUT2D eigenvalue weighted by Gasteiger charge is 2.15. The van der Waals surface area contributed by atoms with Crippen LogP contribution in [0, 0.1) is 0 Å². The summed E-state index contributed by atoms with van der Waals surface area (Å²) in [5, 5.41) is 0. The van der Waals surface area contributed by atoms with E-state index < -0.39 is 0 Å². The average molecular weight is 465 g/mol. The van der Waals surface area contributed by atoms with Crippen LogP contribution in [0.25, 0.3) is 0 Å². The molecule has 0 saturated heterocycles. The summed E-state index contributed by atoms with van der Waals surface area (Å²) in [6.07, 6.45) is 3.45. The standard InChI is InChI=1S/C28H32O6/c1-29-23-13-20(14-24(18-23)30-2)6-9-22-17-27(32-4)26(31-3)16-21(22)8-5-19-7-10-25-28(15-19)34-12-11-33-25/h7,10,13-18H,5-6,8-9,11-12H2,1-4H3. The molecule has 0 amide bonds. The van der Waals surface area contributed by atoms with Crippen molar-refractivity contribution >= 4 is 0 Å². The zero-order valence-corrected chi connectivity index (χ0v) is 20.3. The smallest absolute Gasteiger partial charge is 0.161 e. The van der Waals surface area contributed by atoms with Crippen molar-refractivity contribution in [2.24, 2.45) is 0 Å². The summed E-state index contributed by atoms with van der Waals surface area (Å²) in [6.45, 7) is 1.19. The van der Waals surface area contributed by atoms with E-state index in [0.717, 1.165) is 65.7 Å². The van der Waals surface area contributed by atoms with Crippen molar-refractivity contribution in [1.82, 2.24) is 0 Å².